The van der Waals surface area contributed by atoms with Crippen LogP contribution in [0.25, 0.3) is 0 Å². The number of nitrogens with zero attached hydrogens (tertiary/aromatic N) is 1. The van der Waals surface area contributed by atoms with Crippen molar-refractivity contribution in [1.82, 2.24) is 4.90 Å². The number of likely N-dealkylation sites (tertiary alicyclic amines) is 1. The van der Waals surface area contributed by atoms with Crippen LogP contribution in [0.15, 0.2) is 30.3 Å². The molecule has 1 fully saturated rings. The zero-order valence-electron chi connectivity index (χ0n) is 11.5. The van der Waals surface area contributed by atoms with E-state index < -0.39 is 12.0 Å². The molecule has 0 aromatic heterocycles. The van der Waals surface area contributed by atoms with Gasteiger partial charge in [-0.1, -0.05) is 18.2 Å². The Morgan fingerprint density at radius 1 is 1.35 bits per heavy atom. The molecule has 5 nitrogen and oxygen atoms in total. The molecule has 5 heteroatoms. The first-order valence-electron chi connectivity index (χ1n) is 6.73. The van der Waals surface area contributed by atoms with Crippen molar-refractivity contribution in [2.24, 2.45) is 5.92 Å². The van der Waals surface area contributed by atoms with Gasteiger partial charge in [0.05, 0.1) is 7.11 Å². The average molecular weight is 277 g/mol. The van der Waals surface area contributed by atoms with Crippen molar-refractivity contribution < 1.29 is 19.4 Å². The normalized spacial score (nSPS) is 21.8. The molecule has 1 N–H and O–H groups in total. The second-order valence-corrected chi connectivity index (χ2v) is 4.89. The summed E-state index contributed by atoms with van der Waals surface area (Å²) in [5.74, 6) is -0.619. The Morgan fingerprint density at radius 3 is 2.65 bits per heavy atom. The van der Waals surface area contributed by atoms with Crippen molar-refractivity contribution in [3.8, 4) is 0 Å². The number of benzene rings is 1. The van der Waals surface area contributed by atoms with Crippen LogP contribution in [0.3, 0.4) is 0 Å². The third-order valence-electron chi connectivity index (χ3n) is 3.75. The number of rotatable bonds is 4. The average Bonchev–Trinajstić information content (AvgIpc) is 2.90. The van der Waals surface area contributed by atoms with Crippen LogP contribution in [-0.2, 0) is 9.53 Å². The monoisotopic (exact) mass is 277 g/mol. The van der Waals surface area contributed by atoms with Crippen molar-refractivity contribution in [2.45, 2.75) is 18.9 Å². The van der Waals surface area contributed by atoms with Crippen molar-refractivity contribution >= 4 is 11.9 Å². The van der Waals surface area contributed by atoms with E-state index in [1.165, 1.54) is 7.11 Å². The van der Waals surface area contributed by atoms with E-state index >= 15 is 0 Å². The number of hydrogen-bond acceptors (Lipinski definition) is 4. The van der Waals surface area contributed by atoms with Gasteiger partial charge in [0.25, 0.3) is 5.91 Å². The topological polar surface area (TPSA) is 66.8 Å². The van der Waals surface area contributed by atoms with Crippen LogP contribution >= 0.6 is 0 Å². The van der Waals surface area contributed by atoms with Crippen LogP contribution in [0, 0.1) is 5.92 Å². The number of aliphatic hydroxyl groups excluding tert-OH is 1. The predicted octanol–water partition coefficient (Wildman–Crippen LogP) is 1.07. The number of carbonyl (C=O) groups excluding carboxylic acids is 2. The van der Waals surface area contributed by atoms with Crippen LogP contribution < -0.4 is 0 Å². The number of aliphatic hydroxyl groups is 1. The molecule has 108 valence electrons. The van der Waals surface area contributed by atoms with Crippen LogP contribution in [0.5, 0.6) is 0 Å². The van der Waals surface area contributed by atoms with E-state index in [4.69, 9.17) is 9.84 Å². The summed E-state index contributed by atoms with van der Waals surface area (Å²) in [4.78, 5) is 26.0. The van der Waals surface area contributed by atoms with E-state index in [1.807, 2.05) is 6.07 Å². The third-order valence-corrected chi connectivity index (χ3v) is 3.75. The lowest BCUT2D eigenvalue weighted by Crippen LogP contribution is -2.44. The molecule has 1 saturated heterocycles. The van der Waals surface area contributed by atoms with E-state index in [1.54, 1.807) is 29.2 Å². The maximum Gasteiger partial charge on any atom is 0.328 e. The fourth-order valence-corrected chi connectivity index (χ4v) is 2.74. The van der Waals surface area contributed by atoms with Gasteiger partial charge in [0.15, 0.2) is 0 Å². The summed E-state index contributed by atoms with van der Waals surface area (Å²) in [5.41, 5.74) is 0.561. The molecule has 20 heavy (non-hydrogen) atoms. The highest BCUT2D eigenvalue weighted by Crippen LogP contribution is 2.29. The molecule has 0 unspecified atom stereocenters. The van der Waals surface area contributed by atoms with Gasteiger partial charge in [-0.2, -0.15) is 0 Å². The standard InChI is InChI=1S/C15H19NO4/c1-20-15(19)13-11(8-10-17)7-9-16(13)14(18)12-5-3-2-4-6-12/h2-6,11,13,17H,7-10H2,1H3/t11-,13+/m0/s1. The quantitative estimate of drug-likeness (QED) is 0.836. The van der Waals surface area contributed by atoms with Crippen molar-refractivity contribution in [1.29, 1.82) is 0 Å². The summed E-state index contributed by atoms with van der Waals surface area (Å²) in [5, 5.41) is 9.09. The Hall–Kier alpha value is -1.88. The summed E-state index contributed by atoms with van der Waals surface area (Å²) in [7, 11) is 1.32. The van der Waals surface area contributed by atoms with Crippen LogP contribution in [0.1, 0.15) is 23.2 Å². The number of esters is 1. The largest absolute Gasteiger partial charge is 0.467 e. The highest BCUT2D eigenvalue weighted by molar-refractivity contribution is 5.97. The van der Waals surface area contributed by atoms with E-state index in [2.05, 4.69) is 0 Å². The first-order valence-corrected chi connectivity index (χ1v) is 6.73. The molecule has 2 rings (SSSR count). The molecule has 0 saturated carbocycles. The summed E-state index contributed by atoms with van der Waals surface area (Å²) in [6.45, 7) is 0.518. The van der Waals surface area contributed by atoms with E-state index in [0.717, 1.165) is 0 Å². The number of carbonyl (C=O) groups is 2. The number of hydrogen-bond donors (Lipinski definition) is 1. The maximum atomic E-state index is 12.5. The summed E-state index contributed by atoms with van der Waals surface area (Å²) in [6.07, 6.45) is 1.21. The van der Waals surface area contributed by atoms with Gasteiger partial charge in [0.2, 0.25) is 0 Å². The van der Waals surface area contributed by atoms with Gasteiger partial charge in [-0.25, -0.2) is 4.79 Å². The van der Waals surface area contributed by atoms with Gasteiger partial charge in [-0.05, 0) is 30.9 Å². The lowest BCUT2D eigenvalue weighted by atomic mass is 9.97. The van der Waals surface area contributed by atoms with Gasteiger partial charge in [-0.15, -0.1) is 0 Å². The smallest absolute Gasteiger partial charge is 0.328 e. The van der Waals surface area contributed by atoms with Gasteiger partial charge in [0, 0.05) is 18.7 Å². The molecule has 0 aliphatic carbocycles. The number of ether oxygens (including phenoxy) is 1. The second kappa shape index (κ2) is 6.52. The Balaban J connectivity index is 2.21. The first-order chi connectivity index (χ1) is 9.69. The molecule has 1 aliphatic heterocycles. The molecule has 1 aromatic carbocycles. The Bertz CT molecular complexity index is 474. The first kappa shape index (κ1) is 14.5. The Morgan fingerprint density at radius 2 is 2.05 bits per heavy atom. The molecule has 0 radical (unpaired) electrons. The molecule has 2 atom stereocenters. The van der Waals surface area contributed by atoms with E-state index in [-0.39, 0.29) is 18.4 Å². The molecule has 0 spiro atoms. The highest BCUT2D eigenvalue weighted by Gasteiger charge is 2.42. The van der Waals surface area contributed by atoms with Crippen molar-refractivity contribution in [3.05, 3.63) is 35.9 Å². The third kappa shape index (κ3) is 2.82. The van der Waals surface area contributed by atoms with Crippen LogP contribution in [0.4, 0.5) is 0 Å². The summed E-state index contributed by atoms with van der Waals surface area (Å²) < 4.78 is 4.81. The van der Waals surface area contributed by atoms with Crippen molar-refractivity contribution in [2.75, 3.05) is 20.3 Å². The minimum Gasteiger partial charge on any atom is -0.467 e. The lowest BCUT2D eigenvalue weighted by Gasteiger charge is -2.25. The minimum absolute atomic E-state index is 0.00548. The Labute approximate surface area is 118 Å². The fourth-order valence-electron chi connectivity index (χ4n) is 2.74. The summed E-state index contributed by atoms with van der Waals surface area (Å²) in [6, 6.07) is 8.29. The lowest BCUT2D eigenvalue weighted by molar-refractivity contribution is -0.146. The molecule has 0 bridgehead atoms. The molecule has 1 heterocycles. The van der Waals surface area contributed by atoms with Crippen molar-refractivity contribution in [3.63, 3.8) is 0 Å². The molecule has 1 aliphatic rings. The SMILES string of the molecule is COC(=O)[C@H]1[C@H](CCO)CCN1C(=O)c1ccccc1. The molecular formula is C15H19NO4. The zero-order chi connectivity index (χ0) is 14.5. The van der Waals surface area contributed by atoms with Gasteiger partial charge in [0.1, 0.15) is 6.04 Å². The predicted molar refractivity (Wildman–Crippen MR) is 73.1 cm³/mol. The molecule has 1 aromatic rings. The number of methoxy groups -OCH3 is 1. The second-order valence-electron chi connectivity index (χ2n) is 4.89. The number of amides is 1. The molecule has 1 amide bonds. The minimum atomic E-state index is -0.597. The fraction of sp³-hybridized carbons (Fsp3) is 0.467. The van der Waals surface area contributed by atoms with Crippen LogP contribution in [-0.4, -0.2) is 48.2 Å². The maximum absolute atomic E-state index is 12.5. The summed E-state index contributed by atoms with van der Waals surface area (Å²) >= 11 is 0. The highest BCUT2D eigenvalue weighted by atomic mass is 16.5. The van der Waals surface area contributed by atoms with E-state index in [9.17, 15) is 9.59 Å². The Kier molecular flexibility index (Phi) is 4.74. The van der Waals surface area contributed by atoms with Gasteiger partial charge in [-0.3, -0.25) is 4.79 Å². The van der Waals surface area contributed by atoms with Gasteiger partial charge >= 0.3 is 5.97 Å². The van der Waals surface area contributed by atoms with E-state index in [0.29, 0.717) is 24.9 Å². The zero-order valence-corrected chi connectivity index (χ0v) is 11.5. The van der Waals surface area contributed by atoms with Gasteiger partial charge < -0.3 is 14.7 Å². The molecular weight excluding hydrogens is 258 g/mol. The van der Waals surface area contributed by atoms with Crippen LogP contribution in [0.2, 0.25) is 0 Å².